The molecule has 7 heterocycles. The van der Waals surface area contributed by atoms with Gasteiger partial charge in [0.15, 0.2) is 23.2 Å². The molecule has 322 valence electrons. The molecular formula is C46H46ClN11O4S. The van der Waals surface area contributed by atoms with Gasteiger partial charge in [-0.25, -0.2) is 4.98 Å². The Morgan fingerprint density at radius 1 is 0.968 bits per heavy atom. The van der Waals surface area contributed by atoms with Crippen molar-refractivity contribution in [2.75, 3.05) is 18.0 Å². The van der Waals surface area contributed by atoms with E-state index in [1.807, 2.05) is 31.3 Å². The summed E-state index contributed by atoms with van der Waals surface area (Å²) in [6, 6.07) is 14.5. The number of nitriles is 1. The standard InChI is InChI=1S/C46H46ClN11O4S/c1-26-27(2)63-45-41(26)42(52-38(21-40-49-16-19-60-40)43-56-53-28(3)58(43)45)36-11-10-33(25-50-36)62-34-22-46(23-34)14-17-57(18-15-46)39-13-12-37(54-55-39)44(59)51-30-5-8-31(9-6-30)61-32-7-4-29(24-48)35(47)20-32/h4,7,10-13,16,19-20,25,30-31,34,38H,5-6,8-9,14-15,17-18,21-23H2,1-3H3,(H,51,59)/t30?,31?,38-/m0/s1. The van der Waals surface area contributed by atoms with Crippen LogP contribution in [0.15, 0.2) is 70.5 Å². The fourth-order valence-corrected chi connectivity index (χ4v) is 10.9. The number of aliphatic imine (C=N–C) groups is 1. The van der Waals surface area contributed by atoms with E-state index in [9.17, 15) is 4.79 Å². The van der Waals surface area contributed by atoms with Crippen LogP contribution in [-0.4, -0.2) is 77.9 Å². The predicted molar refractivity (Wildman–Crippen MR) is 236 cm³/mol. The number of oxazole rings is 1. The highest BCUT2D eigenvalue weighted by Crippen LogP contribution is 2.51. The second kappa shape index (κ2) is 16.8. The van der Waals surface area contributed by atoms with E-state index >= 15 is 0 Å². The lowest BCUT2D eigenvalue weighted by Gasteiger charge is -2.51. The van der Waals surface area contributed by atoms with Gasteiger partial charge in [0.05, 0.1) is 53.0 Å². The third-order valence-corrected chi connectivity index (χ3v) is 14.6. The first-order valence-corrected chi connectivity index (χ1v) is 22.7. The molecule has 6 aromatic rings. The van der Waals surface area contributed by atoms with Gasteiger partial charge in [-0.2, -0.15) is 5.26 Å². The SMILES string of the molecule is Cc1sc2c(c1C)C(c1ccc(OC3CC4(CCN(c5ccc(C(=O)NC6CCC(Oc7ccc(C#N)c(Cl)c7)CC6)nn5)CC4)C3)cn1)=N[C@@H](Cc1ncco1)c1nnc(C)n1-2. The maximum atomic E-state index is 13.1. The minimum absolute atomic E-state index is 0.0267. The molecule has 1 amide bonds. The Labute approximate surface area is 373 Å². The Morgan fingerprint density at radius 2 is 1.76 bits per heavy atom. The lowest BCUT2D eigenvalue weighted by Crippen LogP contribution is -2.51. The first kappa shape index (κ1) is 40.9. The van der Waals surface area contributed by atoms with E-state index in [0.29, 0.717) is 34.3 Å². The third kappa shape index (κ3) is 8.15. The molecule has 3 fully saturated rings. The molecule has 0 radical (unpaired) electrons. The van der Waals surface area contributed by atoms with Crippen molar-refractivity contribution in [1.29, 1.82) is 5.26 Å². The summed E-state index contributed by atoms with van der Waals surface area (Å²) >= 11 is 7.88. The van der Waals surface area contributed by atoms with Crippen molar-refractivity contribution >= 4 is 40.4 Å². The normalized spacial score (nSPS) is 20.5. The van der Waals surface area contributed by atoms with Crippen LogP contribution in [0, 0.1) is 37.5 Å². The van der Waals surface area contributed by atoms with Gasteiger partial charge in [0, 0.05) is 35.6 Å². The number of aryl methyl sites for hydroxylation is 2. The number of nitrogens with one attached hydrogen (secondary N) is 1. The molecule has 1 saturated heterocycles. The van der Waals surface area contributed by atoms with Crippen molar-refractivity contribution in [2.24, 2.45) is 10.4 Å². The van der Waals surface area contributed by atoms with Gasteiger partial charge >= 0.3 is 0 Å². The molecule has 63 heavy (non-hydrogen) atoms. The van der Waals surface area contributed by atoms with Crippen molar-refractivity contribution in [2.45, 2.75) is 103 Å². The molecular weight excluding hydrogens is 838 g/mol. The van der Waals surface area contributed by atoms with Gasteiger partial charge in [0.2, 0.25) is 0 Å². The van der Waals surface area contributed by atoms with Crippen LogP contribution in [-0.2, 0) is 6.42 Å². The first-order chi connectivity index (χ1) is 30.6. The predicted octanol–water partition coefficient (Wildman–Crippen LogP) is 8.03. The van der Waals surface area contributed by atoms with Crippen LogP contribution >= 0.6 is 22.9 Å². The molecule has 2 aliphatic carbocycles. The lowest BCUT2D eigenvalue weighted by molar-refractivity contribution is -0.0312. The van der Waals surface area contributed by atoms with E-state index in [0.717, 1.165) is 115 Å². The van der Waals surface area contributed by atoms with Gasteiger partial charge in [0.25, 0.3) is 5.91 Å². The smallest absolute Gasteiger partial charge is 0.272 e. The zero-order chi connectivity index (χ0) is 43.2. The molecule has 0 bridgehead atoms. The number of carbonyl (C=O) groups excluding carboxylic acids is 1. The summed E-state index contributed by atoms with van der Waals surface area (Å²) in [4.78, 5) is 31.2. The zero-order valence-electron chi connectivity index (χ0n) is 35.3. The summed E-state index contributed by atoms with van der Waals surface area (Å²) in [5, 5.41) is 31.5. The first-order valence-electron chi connectivity index (χ1n) is 21.5. The van der Waals surface area contributed by atoms with Crippen LogP contribution in [0.2, 0.25) is 5.02 Å². The highest BCUT2D eigenvalue weighted by molar-refractivity contribution is 7.15. The third-order valence-electron chi connectivity index (χ3n) is 13.1. The Bertz CT molecular complexity index is 2700. The highest BCUT2D eigenvalue weighted by atomic mass is 35.5. The van der Waals surface area contributed by atoms with Crippen LogP contribution in [0.4, 0.5) is 5.82 Å². The number of hydrogen-bond donors (Lipinski definition) is 1. The number of pyridine rings is 1. The number of anilines is 1. The van der Waals surface area contributed by atoms with Gasteiger partial charge in [0.1, 0.15) is 40.7 Å². The number of halogens is 1. The number of ether oxygens (including phenoxy) is 2. The molecule has 15 nitrogen and oxygen atoms in total. The van der Waals surface area contributed by atoms with Crippen LogP contribution in [0.5, 0.6) is 11.5 Å². The number of carbonyl (C=O) groups is 1. The fraction of sp³-hybridized carbons (Fsp3) is 0.413. The number of rotatable bonds is 10. The maximum absolute atomic E-state index is 13.1. The molecule has 1 atom stereocenters. The molecule has 10 rings (SSSR count). The van der Waals surface area contributed by atoms with Crippen LogP contribution < -0.4 is 19.7 Å². The number of aromatic nitrogens is 7. The lowest BCUT2D eigenvalue weighted by atomic mass is 9.61. The second-order valence-corrected chi connectivity index (χ2v) is 18.7. The van der Waals surface area contributed by atoms with Crippen LogP contribution in [0.3, 0.4) is 0 Å². The Kier molecular flexibility index (Phi) is 10.9. The van der Waals surface area contributed by atoms with Crippen molar-refractivity contribution in [3.05, 3.63) is 117 Å². The summed E-state index contributed by atoms with van der Waals surface area (Å²) in [5.41, 5.74) is 4.77. The monoisotopic (exact) mass is 883 g/mol. The van der Waals surface area contributed by atoms with Gasteiger partial charge in [-0.1, -0.05) is 11.6 Å². The fourth-order valence-electron chi connectivity index (χ4n) is 9.46. The summed E-state index contributed by atoms with van der Waals surface area (Å²) in [7, 11) is 0. The number of amides is 1. The van der Waals surface area contributed by atoms with Gasteiger partial charge in [-0.05, 0) is 120 Å². The van der Waals surface area contributed by atoms with E-state index in [1.54, 1.807) is 48.1 Å². The molecule has 2 aliphatic heterocycles. The van der Waals surface area contributed by atoms with Crippen LogP contribution in [0.1, 0.15) is 113 Å². The number of nitrogens with zero attached hydrogens (tertiary/aromatic N) is 10. The van der Waals surface area contributed by atoms with Crippen molar-refractivity contribution in [1.82, 2.24) is 40.2 Å². The molecule has 5 aromatic heterocycles. The molecule has 1 aromatic carbocycles. The van der Waals surface area contributed by atoms with Gasteiger partial charge in [-0.3, -0.25) is 19.3 Å². The van der Waals surface area contributed by atoms with Crippen molar-refractivity contribution in [3.8, 4) is 22.6 Å². The van der Waals surface area contributed by atoms with E-state index in [4.69, 9.17) is 40.7 Å². The maximum Gasteiger partial charge on any atom is 0.272 e. The Balaban J connectivity index is 0.712. The highest BCUT2D eigenvalue weighted by Gasteiger charge is 2.47. The summed E-state index contributed by atoms with van der Waals surface area (Å²) in [5.74, 6) is 4.12. The van der Waals surface area contributed by atoms with Crippen molar-refractivity contribution < 1.29 is 18.7 Å². The largest absolute Gasteiger partial charge is 0.490 e. The minimum atomic E-state index is -0.361. The minimum Gasteiger partial charge on any atom is -0.490 e. The number of fused-ring (bicyclic) bond motifs is 3. The molecule has 0 unspecified atom stereocenters. The zero-order valence-corrected chi connectivity index (χ0v) is 36.8. The topological polar surface area (TPSA) is 182 Å². The Hall–Kier alpha value is -6.18. The van der Waals surface area contributed by atoms with Gasteiger partial charge in [-0.15, -0.1) is 31.7 Å². The second-order valence-electron chi connectivity index (χ2n) is 17.1. The summed E-state index contributed by atoms with van der Waals surface area (Å²) < 4.78 is 20.3. The number of thiophene rings is 1. The molecule has 4 aliphatic rings. The van der Waals surface area contributed by atoms with E-state index < -0.39 is 0 Å². The quantitative estimate of drug-likeness (QED) is 0.140. The molecule has 17 heteroatoms. The summed E-state index contributed by atoms with van der Waals surface area (Å²) in [6.45, 7) is 7.99. The average molecular weight is 884 g/mol. The van der Waals surface area contributed by atoms with Crippen LogP contribution in [0.25, 0.3) is 5.00 Å². The number of piperidine rings is 1. The Morgan fingerprint density at radius 3 is 2.46 bits per heavy atom. The molecule has 1 N–H and O–H groups in total. The number of benzene rings is 1. The molecule has 2 saturated carbocycles. The average Bonchev–Trinajstić information content (AvgIpc) is 3.99. The van der Waals surface area contributed by atoms with E-state index in [2.05, 4.69) is 60.1 Å². The van der Waals surface area contributed by atoms with E-state index in [-0.39, 0.29) is 35.6 Å². The van der Waals surface area contributed by atoms with E-state index in [1.165, 1.54) is 4.88 Å². The molecule has 1 spiro atoms. The van der Waals surface area contributed by atoms with Crippen molar-refractivity contribution in [3.63, 3.8) is 0 Å². The number of hydrogen-bond acceptors (Lipinski definition) is 14. The summed E-state index contributed by atoms with van der Waals surface area (Å²) in [6.07, 6.45) is 12.9. The van der Waals surface area contributed by atoms with Gasteiger partial charge < -0.3 is 24.1 Å².